The van der Waals surface area contributed by atoms with Gasteiger partial charge in [-0.3, -0.25) is 4.79 Å². The van der Waals surface area contributed by atoms with Crippen LogP contribution in [0.4, 0.5) is 0 Å². The van der Waals surface area contributed by atoms with Crippen LogP contribution in [0.3, 0.4) is 0 Å². The van der Waals surface area contributed by atoms with Gasteiger partial charge in [-0.2, -0.15) is 5.10 Å². The van der Waals surface area contributed by atoms with Crippen LogP contribution in [0.1, 0.15) is 23.0 Å². The number of benzene rings is 1. The molecule has 122 valence electrons. The van der Waals surface area contributed by atoms with Gasteiger partial charge in [0.05, 0.1) is 23.1 Å². The van der Waals surface area contributed by atoms with E-state index in [4.69, 9.17) is 11.6 Å². The third-order valence-electron chi connectivity index (χ3n) is 4.28. The highest BCUT2D eigenvalue weighted by molar-refractivity contribution is 6.30. The highest BCUT2D eigenvalue weighted by atomic mass is 35.5. The Morgan fingerprint density at radius 1 is 1.26 bits per heavy atom. The fraction of sp³-hybridized carbons (Fsp3) is 0.412. The fourth-order valence-corrected chi connectivity index (χ4v) is 3.09. The molecule has 0 N–H and O–H groups in total. The summed E-state index contributed by atoms with van der Waals surface area (Å²) in [5.41, 5.74) is 2.50. The molecule has 3 rings (SSSR count). The number of nitrogens with zero attached hydrogens (tertiary/aromatic N) is 4. The van der Waals surface area contributed by atoms with Crippen LogP contribution in [0.5, 0.6) is 0 Å². The Morgan fingerprint density at radius 2 is 2.00 bits per heavy atom. The van der Waals surface area contributed by atoms with Gasteiger partial charge in [0.2, 0.25) is 0 Å². The monoisotopic (exact) mass is 332 g/mol. The topological polar surface area (TPSA) is 41.4 Å². The Bertz CT molecular complexity index is 704. The van der Waals surface area contributed by atoms with Crippen molar-refractivity contribution in [3.63, 3.8) is 0 Å². The lowest BCUT2D eigenvalue weighted by Crippen LogP contribution is -2.47. The first-order chi connectivity index (χ1) is 11.1. The normalized spacial score (nSPS) is 15.9. The molecule has 5 nitrogen and oxygen atoms in total. The molecular formula is C17H21ClN4O. The van der Waals surface area contributed by atoms with Gasteiger partial charge in [0, 0.05) is 31.2 Å². The number of carbonyl (C=O) groups is 1. The Balaban J connectivity index is 1.90. The van der Waals surface area contributed by atoms with Crippen LogP contribution in [-0.2, 0) is 6.42 Å². The smallest absolute Gasteiger partial charge is 0.257 e. The zero-order valence-corrected chi connectivity index (χ0v) is 14.3. The van der Waals surface area contributed by atoms with Crippen molar-refractivity contribution < 1.29 is 4.79 Å². The molecule has 0 spiro atoms. The van der Waals surface area contributed by atoms with Gasteiger partial charge in [0.15, 0.2) is 0 Å². The van der Waals surface area contributed by atoms with Gasteiger partial charge in [0.1, 0.15) is 0 Å². The van der Waals surface area contributed by atoms with E-state index < -0.39 is 0 Å². The van der Waals surface area contributed by atoms with Crippen LogP contribution < -0.4 is 0 Å². The van der Waals surface area contributed by atoms with Crippen molar-refractivity contribution in [1.29, 1.82) is 0 Å². The fourth-order valence-electron chi connectivity index (χ4n) is 2.90. The zero-order valence-electron chi connectivity index (χ0n) is 13.5. The van der Waals surface area contributed by atoms with Gasteiger partial charge < -0.3 is 9.80 Å². The molecule has 1 saturated heterocycles. The summed E-state index contributed by atoms with van der Waals surface area (Å²) in [5, 5.41) is 5.09. The number of carbonyl (C=O) groups excluding carboxylic acids is 1. The number of hydrogen-bond acceptors (Lipinski definition) is 3. The van der Waals surface area contributed by atoms with Gasteiger partial charge in [-0.15, -0.1) is 0 Å². The number of aromatic nitrogens is 2. The van der Waals surface area contributed by atoms with Gasteiger partial charge in [-0.05, 0) is 31.7 Å². The molecule has 1 aliphatic heterocycles. The Hall–Kier alpha value is -1.85. The van der Waals surface area contributed by atoms with Crippen molar-refractivity contribution in [2.24, 2.45) is 0 Å². The third-order valence-corrected chi connectivity index (χ3v) is 4.51. The average molecular weight is 333 g/mol. The van der Waals surface area contributed by atoms with Gasteiger partial charge in [-0.1, -0.05) is 24.6 Å². The van der Waals surface area contributed by atoms with E-state index in [9.17, 15) is 4.79 Å². The number of hydrogen-bond donors (Lipinski definition) is 0. The number of halogens is 1. The minimum absolute atomic E-state index is 0.0724. The summed E-state index contributed by atoms with van der Waals surface area (Å²) in [7, 11) is 2.08. The van der Waals surface area contributed by atoms with Gasteiger partial charge >= 0.3 is 0 Å². The highest BCUT2D eigenvalue weighted by Crippen LogP contribution is 2.20. The molecule has 0 bridgehead atoms. The van der Waals surface area contributed by atoms with Crippen LogP contribution in [0.15, 0.2) is 30.5 Å². The second-order valence-corrected chi connectivity index (χ2v) is 6.28. The molecule has 0 radical (unpaired) electrons. The minimum atomic E-state index is 0.0724. The van der Waals surface area contributed by atoms with Crippen molar-refractivity contribution >= 4 is 17.5 Å². The lowest BCUT2D eigenvalue weighted by atomic mass is 10.1. The molecule has 1 fully saturated rings. The van der Waals surface area contributed by atoms with Crippen LogP contribution in [0.2, 0.25) is 5.02 Å². The van der Waals surface area contributed by atoms with E-state index in [-0.39, 0.29) is 5.91 Å². The maximum Gasteiger partial charge on any atom is 0.257 e. The van der Waals surface area contributed by atoms with Crippen LogP contribution in [0.25, 0.3) is 5.69 Å². The summed E-state index contributed by atoms with van der Waals surface area (Å²) in [4.78, 5) is 17.0. The summed E-state index contributed by atoms with van der Waals surface area (Å²) >= 11 is 6.07. The Kier molecular flexibility index (Phi) is 4.68. The molecule has 2 heterocycles. The van der Waals surface area contributed by atoms with Gasteiger partial charge in [-0.25, -0.2) is 4.68 Å². The van der Waals surface area contributed by atoms with Crippen molar-refractivity contribution in [2.45, 2.75) is 13.3 Å². The summed E-state index contributed by atoms with van der Waals surface area (Å²) in [6, 6.07) is 7.52. The maximum absolute atomic E-state index is 12.8. The van der Waals surface area contributed by atoms with Crippen molar-refractivity contribution in [3.8, 4) is 5.69 Å². The van der Waals surface area contributed by atoms with Crippen LogP contribution >= 0.6 is 11.6 Å². The third kappa shape index (κ3) is 3.26. The average Bonchev–Trinajstić information content (AvgIpc) is 2.98. The summed E-state index contributed by atoms with van der Waals surface area (Å²) in [5.74, 6) is 0.0724. The molecule has 1 amide bonds. The zero-order chi connectivity index (χ0) is 16.4. The molecule has 0 saturated carbocycles. The molecule has 0 aliphatic carbocycles. The first kappa shape index (κ1) is 16.0. The first-order valence-electron chi connectivity index (χ1n) is 7.90. The number of rotatable bonds is 3. The van der Waals surface area contributed by atoms with E-state index in [1.54, 1.807) is 6.20 Å². The standard InChI is InChI=1S/C17H21ClN4O/c1-3-16-15(17(23)21-9-7-20(2)8-10-21)12-19-22(16)14-6-4-5-13(18)11-14/h4-6,11-12H,3,7-10H2,1-2H3. The first-order valence-corrected chi connectivity index (χ1v) is 8.28. The molecule has 0 atom stereocenters. The van der Waals surface area contributed by atoms with E-state index in [1.165, 1.54) is 0 Å². The molecule has 1 aromatic carbocycles. The SMILES string of the molecule is CCc1c(C(=O)N2CCN(C)CC2)cnn1-c1cccc(Cl)c1. The largest absolute Gasteiger partial charge is 0.336 e. The van der Waals surface area contributed by atoms with E-state index >= 15 is 0 Å². The van der Waals surface area contributed by atoms with Crippen molar-refractivity contribution in [2.75, 3.05) is 33.2 Å². The molecule has 0 unspecified atom stereocenters. The van der Waals surface area contributed by atoms with E-state index in [1.807, 2.05) is 40.8 Å². The molecule has 1 aromatic heterocycles. The van der Waals surface area contributed by atoms with Crippen molar-refractivity contribution in [3.05, 3.63) is 46.7 Å². The lowest BCUT2D eigenvalue weighted by Gasteiger charge is -2.32. The summed E-state index contributed by atoms with van der Waals surface area (Å²) in [6.07, 6.45) is 2.42. The van der Waals surface area contributed by atoms with E-state index in [0.29, 0.717) is 10.6 Å². The molecule has 23 heavy (non-hydrogen) atoms. The predicted molar refractivity (Wildman–Crippen MR) is 91.4 cm³/mol. The van der Waals surface area contributed by atoms with E-state index in [2.05, 4.69) is 17.0 Å². The number of amides is 1. The molecule has 2 aromatic rings. The lowest BCUT2D eigenvalue weighted by molar-refractivity contribution is 0.0663. The van der Waals surface area contributed by atoms with Crippen molar-refractivity contribution in [1.82, 2.24) is 19.6 Å². The molecular weight excluding hydrogens is 312 g/mol. The highest BCUT2D eigenvalue weighted by Gasteiger charge is 2.24. The van der Waals surface area contributed by atoms with Gasteiger partial charge in [0.25, 0.3) is 5.91 Å². The minimum Gasteiger partial charge on any atom is -0.336 e. The number of likely N-dealkylation sites (N-methyl/N-ethyl adjacent to an activating group) is 1. The summed E-state index contributed by atoms with van der Waals surface area (Å²) in [6.45, 7) is 5.39. The van der Waals surface area contributed by atoms with Crippen LogP contribution in [-0.4, -0.2) is 58.7 Å². The summed E-state index contributed by atoms with van der Waals surface area (Å²) < 4.78 is 1.81. The van der Waals surface area contributed by atoms with Crippen LogP contribution in [0, 0.1) is 0 Å². The second kappa shape index (κ2) is 6.72. The Labute approximate surface area is 141 Å². The maximum atomic E-state index is 12.8. The molecule has 6 heteroatoms. The van der Waals surface area contributed by atoms with E-state index in [0.717, 1.165) is 44.0 Å². The Morgan fingerprint density at radius 3 is 2.65 bits per heavy atom. The predicted octanol–water partition coefficient (Wildman–Crippen LogP) is 2.48. The second-order valence-electron chi connectivity index (χ2n) is 5.85. The molecule has 1 aliphatic rings. The number of piperazine rings is 1. The quantitative estimate of drug-likeness (QED) is 0.867.